The lowest BCUT2D eigenvalue weighted by atomic mass is 9.82. The summed E-state index contributed by atoms with van der Waals surface area (Å²) < 4.78 is 1.61. The number of thiazole rings is 1. The molecule has 3 fully saturated rings. The van der Waals surface area contributed by atoms with Gasteiger partial charge in [0.2, 0.25) is 17.6 Å². The van der Waals surface area contributed by atoms with E-state index in [1.165, 1.54) is 17.8 Å². The molecule has 1 aliphatic carbocycles. The molecule has 4 atom stereocenters. The van der Waals surface area contributed by atoms with Crippen LogP contribution in [0.25, 0.3) is 0 Å². The third-order valence-electron chi connectivity index (χ3n) is 8.72. The molecule has 2 aliphatic heterocycles. The van der Waals surface area contributed by atoms with Crippen LogP contribution >= 0.6 is 11.3 Å². The first kappa shape index (κ1) is 27.0. The van der Waals surface area contributed by atoms with Gasteiger partial charge in [-0.25, -0.2) is 4.98 Å². The molecule has 0 unspecified atom stereocenters. The third kappa shape index (κ3) is 5.57. The van der Waals surface area contributed by atoms with Gasteiger partial charge in [-0.3, -0.25) is 24.0 Å². The van der Waals surface area contributed by atoms with Gasteiger partial charge in [-0.2, -0.15) is 5.10 Å². The van der Waals surface area contributed by atoms with Crippen LogP contribution in [0.3, 0.4) is 0 Å². The maximum absolute atomic E-state index is 14.4. The van der Waals surface area contributed by atoms with Gasteiger partial charge in [0.05, 0.1) is 17.8 Å². The summed E-state index contributed by atoms with van der Waals surface area (Å²) in [5.41, 5.74) is 0.897. The molecule has 38 heavy (non-hydrogen) atoms. The number of carbonyl (C=O) groups is 3. The maximum Gasteiger partial charge on any atom is 0.246 e. The molecule has 10 heteroatoms. The minimum atomic E-state index is -0.510. The molecule has 9 nitrogen and oxygen atoms in total. The summed E-state index contributed by atoms with van der Waals surface area (Å²) in [5, 5.41) is 9.89. The van der Waals surface area contributed by atoms with Crippen molar-refractivity contribution in [1.82, 2.24) is 29.9 Å². The number of ketones is 1. The summed E-state index contributed by atoms with van der Waals surface area (Å²) in [6.45, 7) is 6.30. The van der Waals surface area contributed by atoms with Crippen LogP contribution in [0.4, 0.5) is 0 Å². The summed E-state index contributed by atoms with van der Waals surface area (Å²) >= 11 is 1.44. The SMILES string of the molecule is CC[C@@H](C)C(=O)N[C@H](C(=O)N1C[C@H]2CCCN2C[C@H]1c1nc(C(=O)c2cnn(C)c2)cs1)C1CCCCC1. The number of aromatic nitrogens is 3. The van der Waals surface area contributed by atoms with Crippen LogP contribution in [0.2, 0.25) is 0 Å². The highest BCUT2D eigenvalue weighted by Crippen LogP contribution is 2.36. The molecule has 2 aromatic heterocycles. The smallest absolute Gasteiger partial charge is 0.246 e. The van der Waals surface area contributed by atoms with Crippen LogP contribution in [0.5, 0.6) is 0 Å². The molecule has 0 spiro atoms. The molecule has 4 heterocycles. The average Bonchev–Trinajstić information content (AvgIpc) is 3.70. The Morgan fingerprint density at radius 1 is 1.13 bits per heavy atom. The van der Waals surface area contributed by atoms with Crippen LogP contribution in [0.1, 0.15) is 92.3 Å². The Kier molecular flexibility index (Phi) is 8.28. The minimum Gasteiger partial charge on any atom is -0.344 e. The largest absolute Gasteiger partial charge is 0.344 e. The van der Waals surface area contributed by atoms with E-state index in [0.717, 1.165) is 56.5 Å². The number of carbonyl (C=O) groups excluding carboxylic acids is 3. The van der Waals surface area contributed by atoms with E-state index in [0.29, 0.717) is 30.4 Å². The van der Waals surface area contributed by atoms with Crippen LogP contribution in [-0.4, -0.2) is 73.9 Å². The predicted molar refractivity (Wildman–Crippen MR) is 146 cm³/mol. The second kappa shape index (κ2) is 11.7. The Bertz CT molecular complexity index is 1160. The van der Waals surface area contributed by atoms with Crippen molar-refractivity contribution in [2.24, 2.45) is 18.9 Å². The zero-order valence-corrected chi connectivity index (χ0v) is 23.6. The first-order valence-corrected chi connectivity index (χ1v) is 15.1. The Balaban J connectivity index is 1.43. The van der Waals surface area contributed by atoms with Crippen molar-refractivity contribution in [3.8, 4) is 0 Å². The standard InChI is InChI=1S/C28H40N6O3S/c1-4-18(2)26(36)31-24(19-9-6-5-7-10-19)28(37)34-15-21-11-8-12-33(21)16-23(34)27-30-22(17-38-27)25(35)20-13-29-32(3)14-20/h13-14,17-19,21,23-24H,4-12,15-16H2,1-3H3,(H,31,36)/t18-,21-,23+,24+/m1/s1. The lowest BCUT2D eigenvalue weighted by molar-refractivity contribution is -0.144. The number of nitrogens with zero attached hydrogens (tertiary/aromatic N) is 5. The van der Waals surface area contributed by atoms with E-state index in [1.54, 1.807) is 29.5 Å². The van der Waals surface area contributed by atoms with Crippen molar-refractivity contribution in [2.45, 2.75) is 83.3 Å². The monoisotopic (exact) mass is 540 g/mol. The van der Waals surface area contributed by atoms with Gasteiger partial charge in [0.15, 0.2) is 0 Å². The van der Waals surface area contributed by atoms with Gasteiger partial charge in [0, 0.05) is 43.7 Å². The molecule has 2 saturated heterocycles. The fraction of sp³-hybridized carbons (Fsp3) is 0.679. The highest BCUT2D eigenvalue weighted by molar-refractivity contribution is 7.10. The van der Waals surface area contributed by atoms with E-state index in [1.807, 2.05) is 18.7 Å². The van der Waals surface area contributed by atoms with Crippen molar-refractivity contribution in [1.29, 1.82) is 0 Å². The normalized spacial score (nSPS) is 24.1. The van der Waals surface area contributed by atoms with Crippen LogP contribution in [0, 0.1) is 11.8 Å². The van der Waals surface area contributed by atoms with Gasteiger partial charge in [-0.15, -0.1) is 11.3 Å². The maximum atomic E-state index is 14.4. The highest BCUT2D eigenvalue weighted by Gasteiger charge is 2.44. The number of fused-ring (bicyclic) bond motifs is 1. The average molecular weight is 541 g/mol. The Labute approximate surface area is 229 Å². The number of hydrogen-bond acceptors (Lipinski definition) is 7. The zero-order chi connectivity index (χ0) is 26.8. The van der Waals surface area contributed by atoms with Crippen molar-refractivity contribution in [3.05, 3.63) is 34.0 Å². The third-order valence-corrected chi connectivity index (χ3v) is 9.67. The van der Waals surface area contributed by atoms with Crippen molar-refractivity contribution in [3.63, 3.8) is 0 Å². The minimum absolute atomic E-state index is 0.0143. The Morgan fingerprint density at radius 2 is 1.92 bits per heavy atom. The van der Waals surface area contributed by atoms with Gasteiger partial charge in [0.1, 0.15) is 16.7 Å². The molecule has 0 aromatic carbocycles. The Hall–Kier alpha value is -2.59. The van der Waals surface area contributed by atoms with Crippen LogP contribution in [-0.2, 0) is 16.6 Å². The molecular formula is C28H40N6O3S. The summed E-state index contributed by atoms with van der Waals surface area (Å²) in [4.78, 5) is 49.6. The molecule has 2 amide bonds. The van der Waals surface area contributed by atoms with E-state index in [4.69, 9.17) is 4.98 Å². The fourth-order valence-corrected chi connectivity index (χ4v) is 7.11. The summed E-state index contributed by atoms with van der Waals surface area (Å²) in [5.74, 6) is -0.150. The predicted octanol–water partition coefficient (Wildman–Crippen LogP) is 3.57. The van der Waals surface area contributed by atoms with E-state index in [-0.39, 0.29) is 35.5 Å². The van der Waals surface area contributed by atoms with Crippen LogP contribution in [0.15, 0.2) is 17.8 Å². The van der Waals surface area contributed by atoms with E-state index in [9.17, 15) is 14.4 Å². The molecule has 206 valence electrons. The first-order chi connectivity index (χ1) is 18.4. The summed E-state index contributed by atoms with van der Waals surface area (Å²) in [6.07, 6.45) is 11.5. The topological polar surface area (TPSA) is 100 Å². The number of aryl methyl sites for hydroxylation is 1. The van der Waals surface area contributed by atoms with Gasteiger partial charge in [0.25, 0.3) is 0 Å². The molecule has 0 radical (unpaired) electrons. The number of rotatable bonds is 8. The number of nitrogens with one attached hydrogen (secondary N) is 1. The lowest BCUT2D eigenvalue weighted by Gasteiger charge is -2.45. The highest BCUT2D eigenvalue weighted by atomic mass is 32.1. The number of piperazine rings is 1. The second-order valence-corrected chi connectivity index (χ2v) is 12.2. The summed E-state index contributed by atoms with van der Waals surface area (Å²) in [6, 6.07) is -0.406. The van der Waals surface area contributed by atoms with Gasteiger partial charge in [-0.1, -0.05) is 33.1 Å². The Morgan fingerprint density at radius 3 is 2.63 bits per heavy atom. The zero-order valence-electron chi connectivity index (χ0n) is 22.8. The number of hydrogen-bond donors (Lipinski definition) is 1. The molecule has 1 saturated carbocycles. The second-order valence-electron chi connectivity index (χ2n) is 11.3. The van der Waals surface area contributed by atoms with Gasteiger partial charge >= 0.3 is 0 Å². The molecule has 1 N–H and O–H groups in total. The fourth-order valence-electron chi connectivity index (χ4n) is 6.21. The number of amides is 2. The van der Waals surface area contributed by atoms with E-state index >= 15 is 0 Å². The quantitative estimate of drug-likeness (QED) is 0.514. The van der Waals surface area contributed by atoms with Crippen LogP contribution < -0.4 is 5.32 Å². The van der Waals surface area contributed by atoms with Gasteiger partial charge in [-0.05, 0) is 44.6 Å². The molecule has 2 aromatic rings. The lowest BCUT2D eigenvalue weighted by Crippen LogP contribution is -2.60. The molecule has 5 rings (SSSR count). The van der Waals surface area contributed by atoms with Gasteiger partial charge < -0.3 is 10.2 Å². The van der Waals surface area contributed by atoms with Crippen molar-refractivity contribution < 1.29 is 14.4 Å². The summed E-state index contributed by atoms with van der Waals surface area (Å²) in [7, 11) is 1.78. The van der Waals surface area contributed by atoms with E-state index < -0.39 is 6.04 Å². The van der Waals surface area contributed by atoms with Crippen molar-refractivity contribution >= 4 is 28.9 Å². The first-order valence-electron chi connectivity index (χ1n) is 14.2. The van der Waals surface area contributed by atoms with Crippen molar-refractivity contribution in [2.75, 3.05) is 19.6 Å². The molecular weight excluding hydrogens is 500 g/mol. The molecule has 3 aliphatic rings. The van der Waals surface area contributed by atoms with E-state index in [2.05, 4.69) is 15.3 Å². The molecule has 0 bridgehead atoms.